The van der Waals surface area contributed by atoms with Gasteiger partial charge in [-0.2, -0.15) is 0 Å². The van der Waals surface area contributed by atoms with E-state index in [0.717, 1.165) is 12.3 Å². The molecule has 3 rings (SSSR count). The highest BCUT2D eigenvalue weighted by atomic mass is 16.6. The maximum absolute atomic E-state index is 12.5. The van der Waals surface area contributed by atoms with Crippen molar-refractivity contribution in [2.45, 2.75) is 13.0 Å². The van der Waals surface area contributed by atoms with Crippen molar-refractivity contribution < 1.29 is 19.4 Å². The van der Waals surface area contributed by atoms with E-state index in [0.29, 0.717) is 11.3 Å². The highest BCUT2D eigenvalue weighted by Crippen LogP contribution is 2.22. The van der Waals surface area contributed by atoms with Crippen molar-refractivity contribution in [3.05, 3.63) is 80.1 Å². The Balaban J connectivity index is 1.95. The number of aryl methyl sites for hydroxylation is 1. The molecule has 0 fully saturated rings. The van der Waals surface area contributed by atoms with Crippen molar-refractivity contribution in [2.75, 3.05) is 5.32 Å². The first kappa shape index (κ1) is 19.5. The molecule has 0 bridgehead atoms. The minimum Gasteiger partial charge on any atom is -0.319 e. The maximum Gasteiger partial charge on any atom is 0.322 e. The van der Waals surface area contributed by atoms with E-state index in [1.807, 2.05) is 0 Å². The number of fused-ring (bicyclic) bond motifs is 1. The van der Waals surface area contributed by atoms with Gasteiger partial charge in [-0.05, 0) is 24.6 Å². The second kappa shape index (κ2) is 7.76. The van der Waals surface area contributed by atoms with Gasteiger partial charge >= 0.3 is 6.04 Å². The van der Waals surface area contributed by atoms with Gasteiger partial charge in [0.2, 0.25) is 0 Å². The van der Waals surface area contributed by atoms with E-state index in [-0.39, 0.29) is 16.7 Å². The molecule has 0 radical (unpaired) electrons. The zero-order chi connectivity index (χ0) is 21.1. The molecule has 1 aromatic heterocycles. The van der Waals surface area contributed by atoms with Gasteiger partial charge in [0.25, 0.3) is 17.4 Å². The topological polar surface area (TPSA) is 158 Å². The Hall–Kier alpha value is -4.28. The molecule has 0 unspecified atom stereocenters. The smallest absolute Gasteiger partial charge is 0.319 e. The van der Waals surface area contributed by atoms with Gasteiger partial charge in [-0.1, -0.05) is 18.2 Å². The number of Topliss-reactive ketones (excluding diaryl/α,β-unsaturated/α-hetero) is 1. The lowest BCUT2D eigenvalue weighted by Gasteiger charge is -2.10. The number of hydrogen-bond donors (Lipinski definition) is 1. The number of nitrogens with one attached hydrogen (secondary N) is 1. The van der Waals surface area contributed by atoms with E-state index in [2.05, 4.69) is 15.3 Å². The van der Waals surface area contributed by atoms with Crippen molar-refractivity contribution in [1.82, 2.24) is 9.97 Å². The number of non-ortho nitro benzene ring substituents is 1. The number of ketones is 1. The monoisotopic (exact) mass is 395 g/mol. The minimum atomic E-state index is -2.10. The number of aromatic nitrogens is 2. The van der Waals surface area contributed by atoms with Crippen LogP contribution in [0.4, 0.5) is 11.4 Å². The van der Waals surface area contributed by atoms with E-state index in [1.165, 1.54) is 12.1 Å². The second-order valence-electron chi connectivity index (χ2n) is 6.05. The Kier molecular flexibility index (Phi) is 5.21. The number of carbonyl (C=O) groups excluding carboxylic acids is 2. The normalized spacial score (nSPS) is 11.6. The molecule has 3 aromatic rings. The van der Waals surface area contributed by atoms with Crippen LogP contribution in [0.5, 0.6) is 0 Å². The molecule has 29 heavy (non-hydrogen) atoms. The third-order valence-electron chi connectivity index (χ3n) is 4.11. The molecule has 1 heterocycles. The summed E-state index contributed by atoms with van der Waals surface area (Å²) in [6, 6.07) is 8.15. The third kappa shape index (κ3) is 4.03. The number of carbonyl (C=O) groups is 2. The average Bonchev–Trinajstić information content (AvgIpc) is 2.68. The SMILES string of the molecule is Cc1ccccc1NC(=O)C(=O)[C@@H](c1cnc2ccc([N+](=O)[O-])cc2n1)[N+](=O)[O-]. The average molecular weight is 395 g/mol. The highest BCUT2D eigenvalue weighted by molar-refractivity contribution is 6.42. The van der Waals surface area contributed by atoms with E-state index in [1.54, 1.807) is 31.2 Å². The molecular weight excluding hydrogens is 382 g/mol. The Morgan fingerprint density at radius 1 is 1.07 bits per heavy atom. The van der Waals surface area contributed by atoms with Crippen LogP contribution in [0.1, 0.15) is 17.3 Å². The van der Waals surface area contributed by atoms with Crippen LogP contribution in [0.2, 0.25) is 0 Å². The van der Waals surface area contributed by atoms with E-state index >= 15 is 0 Å². The number of nitrogens with zero attached hydrogens (tertiary/aromatic N) is 4. The Morgan fingerprint density at radius 2 is 1.79 bits per heavy atom. The maximum atomic E-state index is 12.5. The van der Waals surface area contributed by atoms with Gasteiger partial charge < -0.3 is 5.32 Å². The van der Waals surface area contributed by atoms with Crippen LogP contribution in [0, 0.1) is 27.2 Å². The summed E-state index contributed by atoms with van der Waals surface area (Å²) in [5.74, 6) is -2.51. The molecule has 1 atom stereocenters. The molecule has 0 saturated carbocycles. The van der Waals surface area contributed by atoms with Crippen LogP contribution in [0.15, 0.2) is 48.7 Å². The Labute approximate surface area is 162 Å². The van der Waals surface area contributed by atoms with Crippen molar-refractivity contribution >= 4 is 34.1 Å². The summed E-state index contributed by atoms with van der Waals surface area (Å²) in [7, 11) is 0. The number of benzene rings is 2. The molecule has 0 aliphatic rings. The van der Waals surface area contributed by atoms with Crippen LogP contribution in [0.3, 0.4) is 0 Å². The predicted molar refractivity (Wildman–Crippen MR) is 101 cm³/mol. The zero-order valence-electron chi connectivity index (χ0n) is 14.9. The molecule has 0 aliphatic heterocycles. The van der Waals surface area contributed by atoms with Gasteiger partial charge in [-0.25, -0.2) is 4.98 Å². The van der Waals surface area contributed by atoms with Crippen molar-refractivity contribution in [2.24, 2.45) is 0 Å². The predicted octanol–water partition coefficient (Wildman–Crippen LogP) is 2.37. The molecule has 11 heteroatoms. The molecule has 146 valence electrons. The summed E-state index contributed by atoms with van der Waals surface area (Å²) in [5.41, 5.74) is 0.573. The fourth-order valence-corrected chi connectivity index (χ4v) is 2.62. The van der Waals surface area contributed by atoms with Crippen molar-refractivity contribution in [3.8, 4) is 0 Å². The van der Waals surface area contributed by atoms with Gasteiger partial charge in [-0.15, -0.1) is 0 Å². The number of rotatable bonds is 6. The van der Waals surface area contributed by atoms with Crippen LogP contribution < -0.4 is 5.32 Å². The summed E-state index contributed by atoms with van der Waals surface area (Å²) in [6.45, 7) is 1.70. The second-order valence-corrected chi connectivity index (χ2v) is 6.05. The molecule has 1 N–H and O–H groups in total. The minimum absolute atomic E-state index is 0.00402. The summed E-state index contributed by atoms with van der Waals surface area (Å²) < 4.78 is 0. The molecule has 0 aliphatic carbocycles. The van der Waals surface area contributed by atoms with Crippen LogP contribution in [0.25, 0.3) is 11.0 Å². The Bertz CT molecular complexity index is 1160. The van der Waals surface area contributed by atoms with E-state index < -0.39 is 33.3 Å². The molecule has 1 amide bonds. The quantitative estimate of drug-likeness (QED) is 0.378. The molecule has 11 nitrogen and oxygen atoms in total. The fraction of sp³-hybridized carbons (Fsp3) is 0.111. The molecule has 0 saturated heterocycles. The van der Waals surface area contributed by atoms with Crippen LogP contribution in [-0.4, -0.2) is 31.5 Å². The van der Waals surface area contributed by atoms with E-state index in [9.17, 15) is 29.8 Å². The first-order valence-electron chi connectivity index (χ1n) is 8.23. The molecule has 0 spiro atoms. The first-order valence-corrected chi connectivity index (χ1v) is 8.23. The lowest BCUT2D eigenvalue weighted by molar-refractivity contribution is -0.513. The van der Waals surface area contributed by atoms with Crippen LogP contribution in [-0.2, 0) is 9.59 Å². The summed E-state index contributed by atoms with van der Waals surface area (Å²) in [5, 5.41) is 24.8. The summed E-state index contributed by atoms with van der Waals surface area (Å²) in [6.07, 6.45) is 1.00. The van der Waals surface area contributed by atoms with Crippen molar-refractivity contribution in [3.63, 3.8) is 0 Å². The standard InChI is InChI=1S/C18H13N5O6/c1-10-4-2-3-5-12(10)21-18(25)17(24)16(23(28)29)15-9-19-13-7-6-11(22(26)27)8-14(13)20-15/h2-9,16H,1H3,(H,21,25)/t16-/m1/s1. The molecule has 2 aromatic carbocycles. The highest BCUT2D eigenvalue weighted by Gasteiger charge is 2.38. The number of para-hydroxylation sites is 1. The number of hydrogen-bond acceptors (Lipinski definition) is 8. The number of anilines is 1. The summed E-state index contributed by atoms with van der Waals surface area (Å²) in [4.78, 5) is 53.5. The Morgan fingerprint density at radius 3 is 2.45 bits per heavy atom. The summed E-state index contributed by atoms with van der Waals surface area (Å²) >= 11 is 0. The molecular formula is C18H13N5O6. The van der Waals surface area contributed by atoms with Gasteiger partial charge in [0, 0.05) is 22.7 Å². The van der Waals surface area contributed by atoms with Gasteiger partial charge in [-0.3, -0.25) is 34.8 Å². The van der Waals surface area contributed by atoms with Crippen LogP contribution >= 0.6 is 0 Å². The number of nitro groups is 2. The fourth-order valence-electron chi connectivity index (χ4n) is 2.62. The lowest BCUT2D eigenvalue weighted by atomic mass is 10.1. The van der Waals surface area contributed by atoms with Gasteiger partial charge in [0.05, 0.1) is 22.2 Å². The zero-order valence-corrected chi connectivity index (χ0v) is 14.9. The lowest BCUT2D eigenvalue weighted by Crippen LogP contribution is -2.33. The number of amides is 1. The van der Waals surface area contributed by atoms with Gasteiger partial charge in [0.1, 0.15) is 5.69 Å². The van der Waals surface area contributed by atoms with Gasteiger partial charge in [0.15, 0.2) is 0 Å². The number of nitro benzene ring substituents is 1. The van der Waals surface area contributed by atoms with E-state index in [4.69, 9.17) is 0 Å². The third-order valence-corrected chi connectivity index (χ3v) is 4.11. The van der Waals surface area contributed by atoms with Crippen molar-refractivity contribution in [1.29, 1.82) is 0 Å². The first-order chi connectivity index (χ1) is 13.8. The largest absolute Gasteiger partial charge is 0.322 e.